The van der Waals surface area contributed by atoms with Gasteiger partial charge in [0.25, 0.3) is 0 Å². The highest BCUT2D eigenvalue weighted by Crippen LogP contribution is 2.23. The lowest BCUT2D eigenvalue weighted by molar-refractivity contribution is 0.111. The molecule has 70 valence electrons. The maximum atomic E-state index is 13.0. The molecular weight excluding hydrogens is 178 g/mol. The van der Waals surface area contributed by atoms with Gasteiger partial charge < -0.3 is 4.74 Å². The van der Waals surface area contributed by atoms with Crippen molar-refractivity contribution in [3.05, 3.63) is 29.3 Å². The SMILES string of the molecule is CCOc1c(C=O)ccc(F)c1F. The van der Waals surface area contributed by atoms with E-state index in [1.54, 1.807) is 6.92 Å². The van der Waals surface area contributed by atoms with E-state index in [1.807, 2.05) is 0 Å². The highest BCUT2D eigenvalue weighted by molar-refractivity contribution is 5.79. The molecule has 0 aliphatic rings. The molecule has 0 N–H and O–H groups in total. The lowest BCUT2D eigenvalue weighted by Crippen LogP contribution is -2.00. The van der Waals surface area contributed by atoms with Crippen molar-refractivity contribution >= 4 is 6.29 Å². The molecule has 0 heterocycles. The molecule has 0 saturated heterocycles. The first-order valence-corrected chi connectivity index (χ1v) is 3.76. The molecular formula is C9H8F2O2. The fraction of sp³-hybridized carbons (Fsp3) is 0.222. The number of hydrogen-bond acceptors (Lipinski definition) is 2. The van der Waals surface area contributed by atoms with Gasteiger partial charge in [0, 0.05) is 0 Å². The monoisotopic (exact) mass is 186 g/mol. The summed E-state index contributed by atoms with van der Waals surface area (Å²) in [5.41, 5.74) is 0.0146. The van der Waals surface area contributed by atoms with Crippen molar-refractivity contribution in [1.82, 2.24) is 0 Å². The Balaban J connectivity index is 3.23. The molecule has 0 amide bonds. The van der Waals surface area contributed by atoms with Gasteiger partial charge in [-0.25, -0.2) is 4.39 Å². The predicted octanol–water partition coefficient (Wildman–Crippen LogP) is 2.18. The molecule has 1 aromatic carbocycles. The van der Waals surface area contributed by atoms with Crippen LogP contribution in [0.1, 0.15) is 17.3 Å². The van der Waals surface area contributed by atoms with Crippen LogP contribution >= 0.6 is 0 Å². The minimum atomic E-state index is -1.12. The van der Waals surface area contributed by atoms with E-state index >= 15 is 0 Å². The first kappa shape index (κ1) is 9.64. The summed E-state index contributed by atoms with van der Waals surface area (Å²) < 4.78 is 30.4. The van der Waals surface area contributed by atoms with E-state index in [9.17, 15) is 13.6 Å². The molecule has 0 spiro atoms. The van der Waals surface area contributed by atoms with Crippen molar-refractivity contribution in [2.45, 2.75) is 6.92 Å². The quantitative estimate of drug-likeness (QED) is 0.676. The zero-order chi connectivity index (χ0) is 9.84. The minimum absolute atomic E-state index is 0.0146. The van der Waals surface area contributed by atoms with Gasteiger partial charge in [-0.2, -0.15) is 4.39 Å². The van der Waals surface area contributed by atoms with Gasteiger partial charge >= 0.3 is 0 Å². The summed E-state index contributed by atoms with van der Waals surface area (Å²) in [6, 6.07) is 2.07. The molecule has 1 rings (SSSR count). The van der Waals surface area contributed by atoms with Crippen LogP contribution in [-0.2, 0) is 0 Å². The van der Waals surface area contributed by atoms with Crippen LogP contribution in [0.25, 0.3) is 0 Å². The molecule has 1 aromatic rings. The minimum Gasteiger partial charge on any atom is -0.490 e. The van der Waals surface area contributed by atoms with Gasteiger partial charge in [0.05, 0.1) is 12.2 Å². The van der Waals surface area contributed by atoms with Gasteiger partial charge in [0.15, 0.2) is 17.9 Å². The van der Waals surface area contributed by atoms with E-state index in [0.29, 0.717) is 6.29 Å². The highest BCUT2D eigenvalue weighted by Gasteiger charge is 2.13. The molecule has 0 atom stereocenters. The average Bonchev–Trinajstić information content (AvgIpc) is 2.14. The van der Waals surface area contributed by atoms with Crippen LogP contribution in [0.2, 0.25) is 0 Å². The predicted molar refractivity (Wildman–Crippen MR) is 42.9 cm³/mol. The standard InChI is InChI=1S/C9H8F2O2/c1-2-13-9-6(5-12)3-4-7(10)8(9)11/h3-5H,2H2,1H3. The third kappa shape index (κ3) is 1.83. The molecule has 0 aromatic heterocycles. The summed E-state index contributed by atoms with van der Waals surface area (Å²) in [7, 11) is 0. The van der Waals surface area contributed by atoms with Crippen LogP contribution in [-0.4, -0.2) is 12.9 Å². The van der Waals surface area contributed by atoms with E-state index in [1.165, 1.54) is 6.07 Å². The third-order valence-corrected chi connectivity index (χ3v) is 1.50. The molecule has 0 saturated carbocycles. The number of ether oxygens (including phenoxy) is 1. The Hall–Kier alpha value is -1.45. The number of aldehydes is 1. The first-order valence-electron chi connectivity index (χ1n) is 3.76. The van der Waals surface area contributed by atoms with E-state index < -0.39 is 11.6 Å². The van der Waals surface area contributed by atoms with Gasteiger partial charge in [0.2, 0.25) is 5.82 Å². The molecule has 0 unspecified atom stereocenters. The Morgan fingerprint density at radius 3 is 2.69 bits per heavy atom. The molecule has 4 heteroatoms. The fourth-order valence-corrected chi connectivity index (χ4v) is 0.931. The van der Waals surface area contributed by atoms with E-state index in [-0.39, 0.29) is 17.9 Å². The van der Waals surface area contributed by atoms with Crippen molar-refractivity contribution in [2.24, 2.45) is 0 Å². The number of carbonyl (C=O) groups excluding carboxylic acids is 1. The van der Waals surface area contributed by atoms with Crippen LogP contribution < -0.4 is 4.74 Å². The molecule has 0 aliphatic heterocycles. The maximum absolute atomic E-state index is 13.0. The summed E-state index contributed by atoms with van der Waals surface area (Å²) >= 11 is 0. The number of rotatable bonds is 3. The zero-order valence-corrected chi connectivity index (χ0v) is 7.01. The van der Waals surface area contributed by atoms with Crippen molar-refractivity contribution in [2.75, 3.05) is 6.61 Å². The molecule has 0 aliphatic carbocycles. The Morgan fingerprint density at radius 1 is 1.46 bits per heavy atom. The van der Waals surface area contributed by atoms with Gasteiger partial charge in [-0.3, -0.25) is 4.79 Å². The molecule has 0 fully saturated rings. The first-order chi connectivity index (χ1) is 6.20. The lowest BCUT2D eigenvalue weighted by atomic mass is 10.2. The van der Waals surface area contributed by atoms with Crippen LogP contribution in [0, 0.1) is 11.6 Å². The summed E-state index contributed by atoms with van der Waals surface area (Å²) in [5, 5.41) is 0. The van der Waals surface area contributed by atoms with E-state index in [2.05, 4.69) is 0 Å². The summed E-state index contributed by atoms with van der Waals surface area (Å²) in [4.78, 5) is 10.4. The Morgan fingerprint density at radius 2 is 2.15 bits per heavy atom. The number of hydrogen-bond donors (Lipinski definition) is 0. The molecule has 0 radical (unpaired) electrons. The number of benzene rings is 1. The summed E-state index contributed by atoms with van der Waals surface area (Å²) in [6.07, 6.45) is 0.424. The second kappa shape index (κ2) is 3.98. The third-order valence-electron chi connectivity index (χ3n) is 1.50. The maximum Gasteiger partial charge on any atom is 0.201 e. The molecule has 13 heavy (non-hydrogen) atoms. The Bertz CT molecular complexity index is 324. The van der Waals surface area contributed by atoms with Crippen molar-refractivity contribution in [3.8, 4) is 5.75 Å². The largest absolute Gasteiger partial charge is 0.490 e. The average molecular weight is 186 g/mol. The summed E-state index contributed by atoms with van der Waals surface area (Å²) in [5.74, 6) is -2.46. The van der Waals surface area contributed by atoms with Crippen molar-refractivity contribution < 1.29 is 18.3 Å². The van der Waals surface area contributed by atoms with Gasteiger partial charge in [-0.05, 0) is 19.1 Å². The normalized spacial score (nSPS) is 9.77. The van der Waals surface area contributed by atoms with E-state index in [0.717, 1.165) is 6.07 Å². The van der Waals surface area contributed by atoms with Crippen LogP contribution in [0.3, 0.4) is 0 Å². The second-order valence-corrected chi connectivity index (χ2v) is 2.33. The van der Waals surface area contributed by atoms with Gasteiger partial charge in [-0.15, -0.1) is 0 Å². The Labute approximate surface area is 74.1 Å². The smallest absolute Gasteiger partial charge is 0.201 e. The zero-order valence-electron chi connectivity index (χ0n) is 7.01. The van der Waals surface area contributed by atoms with Gasteiger partial charge in [0.1, 0.15) is 0 Å². The molecule has 2 nitrogen and oxygen atoms in total. The number of carbonyl (C=O) groups is 1. The van der Waals surface area contributed by atoms with Crippen molar-refractivity contribution in [1.29, 1.82) is 0 Å². The van der Waals surface area contributed by atoms with Crippen LogP contribution in [0.5, 0.6) is 5.75 Å². The summed E-state index contributed by atoms with van der Waals surface area (Å²) in [6.45, 7) is 1.81. The van der Waals surface area contributed by atoms with Crippen molar-refractivity contribution in [3.63, 3.8) is 0 Å². The molecule has 0 bridgehead atoms. The fourth-order valence-electron chi connectivity index (χ4n) is 0.931. The van der Waals surface area contributed by atoms with Crippen LogP contribution in [0.15, 0.2) is 12.1 Å². The topological polar surface area (TPSA) is 26.3 Å². The lowest BCUT2D eigenvalue weighted by Gasteiger charge is -2.06. The Kier molecular flexibility index (Phi) is 2.95. The van der Waals surface area contributed by atoms with E-state index in [4.69, 9.17) is 4.74 Å². The van der Waals surface area contributed by atoms with Crippen LogP contribution in [0.4, 0.5) is 8.78 Å². The highest BCUT2D eigenvalue weighted by atomic mass is 19.2. The number of halogens is 2. The van der Waals surface area contributed by atoms with Gasteiger partial charge in [-0.1, -0.05) is 0 Å². The second-order valence-electron chi connectivity index (χ2n) is 2.33.